The molecule has 7 heteroatoms. The van der Waals surface area contributed by atoms with E-state index >= 15 is 0 Å². The highest BCUT2D eigenvalue weighted by atomic mass is 16.5. The minimum absolute atomic E-state index is 0.126. The van der Waals surface area contributed by atoms with Gasteiger partial charge in [0.25, 0.3) is 0 Å². The van der Waals surface area contributed by atoms with Gasteiger partial charge in [-0.05, 0) is 24.3 Å². The summed E-state index contributed by atoms with van der Waals surface area (Å²) in [6.45, 7) is 0. The first-order valence-electron chi connectivity index (χ1n) is 8.53. The SMILES string of the molecule is COC(=O)Cc1cn2cc(Nc3ccccc3)cc(-c3ccn(C)n3)c2n1. The van der Waals surface area contributed by atoms with Crippen LogP contribution < -0.4 is 5.32 Å². The number of carbonyl (C=O) groups is 1. The number of rotatable bonds is 5. The van der Waals surface area contributed by atoms with Crippen molar-refractivity contribution in [2.75, 3.05) is 12.4 Å². The van der Waals surface area contributed by atoms with Gasteiger partial charge in [-0.3, -0.25) is 9.48 Å². The highest BCUT2D eigenvalue weighted by Crippen LogP contribution is 2.28. The summed E-state index contributed by atoms with van der Waals surface area (Å²) in [7, 11) is 3.25. The Kier molecular flexibility index (Phi) is 4.33. The van der Waals surface area contributed by atoms with Gasteiger partial charge in [-0.2, -0.15) is 5.10 Å². The van der Waals surface area contributed by atoms with Crippen LogP contribution in [0.3, 0.4) is 0 Å². The summed E-state index contributed by atoms with van der Waals surface area (Å²) < 4.78 is 8.42. The fourth-order valence-corrected chi connectivity index (χ4v) is 2.96. The van der Waals surface area contributed by atoms with Crippen molar-refractivity contribution in [3.05, 3.63) is 66.7 Å². The third kappa shape index (κ3) is 3.52. The molecule has 0 aliphatic heterocycles. The highest BCUT2D eigenvalue weighted by molar-refractivity contribution is 5.80. The molecule has 0 fully saturated rings. The summed E-state index contributed by atoms with van der Waals surface area (Å²) in [6.07, 6.45) is 5.81. The highest BCUT2D eigenvalue weighted by Gasteiger charge is 2.14. The van der Waals surface area contributed by atoms with E-state index in [0.717, 1.165) is 28.3 Å². The van der Waals surface area contributed by atoms with Crippen molar-refractivity contribution in [1.82, 2.24) is 19.2 Å². The van der Waals surface area contributed by atoms with Gasteiger partial charge < -0.3 is 14.5 Å². The van der Waals surface area contributed by atoms with Crippen LogP contribution in [-0.4, -0.2) is 32.2 Å². The molecule has 0 atom stereocenters. The predicted octanol–water partition coefficient (Wildman–Crippen LogP) is 3.19. The number of nitrogens with one attached hydrogen (secondary N) is 1. The van der Waals surface area contributed by atoms with Crippen LogP contribution >= 0.6 is 0 Å². The summed E-state index contributed by atoms with van der Waals surface area (Å²) in [4.78, 5) is 16.2. The number of imidazole rings is 1. The Morgan fingerprint density at radius 2 is 1.96 bits per heavy atom. The summed E-state index contributed by atoms with van der Waals surface area (Å²) in [6, 6.07) is 13.9. The molecule has 136 valence electrons. The molecule has 3 aromatic heterocycles. The number of aromatic nitrogens is 4. The normalized spacial score (nSPS) is 10.9. The third-order valence-electron chi connectivity index (χ3n) is 4.21. The third-order valence-corrected chi connectivity index (χ3v) is 4.21. The van der Waals surface area contributed by atoms with Crippen molar-refractivity contribution >= 4 is 23.0 Å². The maximum atomic E-state index is 11.6. The average molecular weight is 361 g/mol. The van der Waals surface area contributed by atoms with Crippen LogP contribution in [0.15, 0.2) is 61.1 Å². The molecular weight excluding hydrogens is 342 g/mol. The average Bonchev–Trinajstić information content (AvgIpc) is 3.27. The van der Waals surface area contributed by atoms with Crippen LogP contribution in [-0.2, 0) is 23.0 Å². The summed E-state index contributed by atoms with van der Waals surface area (Å²) in [5.74, 6) is -0.319. The molecule has 4 rings (SSSR count). The van der Waals surface area contributed by atoms with Crippen molar-refractivity contribution < 1.29 is 9.53 Å². The van der Waals surface area contributed by atoms with Gasteiger partial charge >= 0.3 is 5.97 Å². The zero-order valence-electron chi connectivity index (χ0n) is 15.1. The number of carbonyl (C=O) groups excluding carboxylic acids is 1. The number of hydrogen-bond donors (Lipinski definition) is 1. The molecule has 1 N–H and O–H groups in total. The molecule has 0 aliphatic carbocycles. The number of nitrogens with zero attached hydrogens (tertiary/aromatic N) is 4. The molecule has 0 unspecified atom stereocenters. The maximum absolute atomic E-state index is 11.6. The van der Waals surface area contributed by atoms with Crippen molar-refractivity contribution in [3.8, 4) is 11.3 Å². The van der Waals surface area contributed by atoms with Gasteiger partial charge in [-0.25, -0.2) is 4.98 Å². The maximum Gasteiger partial charge on any atom is 0.311 e. The predicted molar refractivity (Wildman–Crippen MR) is 103 cm³/mol. The Hall–Kier alpha value is -3.61. The lowest BCUT2D eigenvalue weighted by Gasteiger charge is -2.09. The van der Waals surface area contributed by atoms with E-state index in [9.17, 15) is 4.79 Å². The Morgan fingerprint density at radius 3 is 2.67 bits per heavy atom. The van der Waals surface area contributed by atoms with Crippen molar-refractivity contribution in [1.29, 1.82) is 0 Å². The summed E-state index contributed by atoms with van der Waals surface area (Å²) >= 11 is 0. The minimum atomic E-state index is -0.319. The fourth-order valence-electron chi connectivity index (χ4n) is 2.96. The first-order chi connectivity index (χ1) is 13.1. The molecule has 3 heterocycles. The second-order valence-corrected chi connectivity index (χ2v) is 6.22. The molecule has 0 aliphatic rings. The van der Waals surface area contributed by atoms with Crippen LogP contribution in [0.4, 0.5) is 11.4 Å². The van der Waals surface area contributed by atoms with Gasteiger partial charge in [0, 0.05) is 36.9 Å². The van der Waals surface area contributed by atoms with Crippen LogP contribution in [0.25, 0.3) is 16.9 Å². The van der Waals surface area contributed by atoms with E-state index < -0.39 is 0 Å². The molecule has 1 aromatic carbocycles. The fraction of sp³-hybridized carbons (Fsp3) is 0.150. The zero-order valence-corrected chi connectivity index (χ0v) is 15.1. The van der Waals surface area contributed by atoms with E-state index in [-0.39, 0.29) is 12.4 Å². The van der Waals surface area contributed by atoms with E-state index in [2.05, 4.69) is 15.4 Å². The molecule has 0 spiro atoms. The van der Waals surface area contributed by atoms with Crippen LogP contribution in [0.2, 0.25) is 0 Å². The number of para-hydroxylation sites is 1. The second-order valence-electron chi connectivity index (χ2n) is 6.22. The topological polar surface area (TPSA) is 73.5 Å². The number of ether oxygens (including phenoxy) is 1. The van der Waals surface area contributed by atoms with Gasteiger partial charge in [0.15, 0.2) is 0 Å². The van der Waals surface area contributed by atoms with Crippen molar-refractivity contribution in [2.24, 2.45) is 7.05 Å². The first kappa shape index (κ1) is 16.8. The number of pyridine rings is 1. The number of benzene rings is 1. The van der Waals surface area contributed by atoms with Crippen molar-refractivity contribution in [3.63, 3.8) is 0 Å². The number of anilines is 2. The Labute approximate surface area is 156 Å². The van der Waals surface area contributed by atoms with Gasteiger partial charge in [-0.15, -0.1) is 0 Å². The quantitative estimate of drug-likeness (QED) is 0.553. The van der Waals surface area contributed by atoms with E-state index in [1.54, 1.807) is 4.68 Å². The smallest absolute Gasteiger partial charge is 0.311 e. The second kappa shape index (κ2) is 6.95. The van der Waals surface area contributed by atoms with Gasteiger partial charge in [0.2, 0.25) is 0 Å². The largest absolute Gasteiger partial charge is 0.469 e. The Bertz CT molecular complexity index is 1100. The molecule has 0 bridgehead atoms. The van der Waals surface area contributed by atoms with E-state index in [4.69, 9.17) is 4.74 Å². The van der Waals surface area contributed by atoms with E-state index in [0.29, 0.717) is 5.69 Å². The monoisotopic (exact) mass is 361 g/mol. The summed E-state index contributed by atoms with van der Waals surface area (Å²) in [5.41, 5.74) is 4.97. The number of hydrogen-bond acceptors (Lipinski definition) is 5. The molecular formula is C20H19N5O2. The number of esters is 1. The number of methoxy groups -OCH3 is 1. The van der Waals surface area contributed by atoms with Gasteiger partial charge in [0.05, 0.1) is 30.6 Å². The van der Waals surface area contributed by atoms with Gasteiger partial charge in [0.1, 0.15) is 5.65 Å². The minimum Gasteiger partial charge on any atom is -0.469 e. The van der Waals surface area contributed by atoms with Crippen LogP contribution in [0.1, 0.15) is 5.69 Å². The Morgan fingerprint density at radius 1 is 1.15 bits per heavy atom. The van der Waals surface area contributed by atoms with Crippen molar-refractivity contribution in [2.45, 2.75) is 6.42 Å². The molecule has 0 saturated heterocycles. The zero-order chi connectivity index (χ0) is 18.8. The standard InChI is InChI=1S/C20H19N5O2/c1-24-9-8-18(23-24)17-10-15(21-14-6-4-3-5-7-14)12-25-13-16(22-20(17)25)11-19(26)27-2/h3-10,12-13,21H,11H2,1-2H3. The lowest BCUT2D eigenvalue weighted by molar-refractivity contribution is -0.139. The molecule has 0 radical (unpaired) electrons. The van der Waals surface area contributed by atoms with Gasteiger partial charge in [-0.1, -0.05) is 18.2 Å². The molecule has 4 aromatic rings. The Balaban J connectivity index is 1.81. The van der Waals surface area contributed by atoms with Crippen LogP contribution in [0.5, 0.6) is 0 Å². The lowest BCUT2D eigenvalue weighted by Crippen LogP contribution is -2.04. The number of aryl methyl sites for hydroxylation is 1. The first-order valence-corrected chi connectivity index (χ1v) is 8.53. The lowest BCUT2D eigenvalue weighted by atomic mass is 10.2. The molecule has 0 saturated carbocycles. The van der Waals surface area contributed by atoms with Crippen LogP contribution in [0, 0.1) is 0 Å². The van der Waals surface area contributed by atoms with E-state index in [1.165, 1.54) is 7.11 Å². The molecule has 27 heavy (non-hydrogen) atoms. The number of fused-ring (bicyclic) bond motifs is 1. The molecule has 7 nitrogen and oxygen atoms in total. The van der Waals surface area contributed by atoms with E-state index in [1.807, 2.05) is 72.5 Å². The summed E-state index contributed by atoms with van der Waals surface area (Å²) in [5, 5.41) is 7.91. The molecule has 0 amide bonds.